The molecule has 0 spiro atoms. The average Bonchev–Trinajstić information content (AvgIpc) is 2.27. The van der Waals surface area contributed by atoms with Crippen molar-refractivity contribution in [3.05, 3.63) is 29.7 Å². The highest BCUT2D eigenvalue weighted by molar-refractivity contribution is 5.87. The van der Waals surface area contributed by atoms with Gasteiger partial charge in [0.2, 0.25) is 0 Å². The van der Waals surface area contributed by atoms with Gasteiger partial charge in [0.1, 0.15) is 0 Å². The second-order valence-corrected chi connectivity index (χ2v) is 3.71. The van der Waals surface area contributed by atoms with Crippen LogP contribution < -0.4 is 9.47 Å². The normalized spacial score (nSPS) is 10.5. The standard InChI is InChI=1S/C13H15O3/c1-8-5-10-6-12(14-3)13(15-4)7-11(10)9(2)16-8/h5-7H,1-4H3/q+1. The molecular formula is C13H15O3+. The van der Waals surface area contributed by atoms with Gasteiger partial charge in [-0.1, -0.05) is 0 Å². The van der Waals surface area contributed by atoms with Gasteiger partial charge in [-0.15, -0.1) is 0 Å². The number of ether oxygens (including phenoxy) is 2. The Morgan fingerprint density at radius 2 is 1.56 bits per heavy atom. The summed E-state index contributed by atoms with van der Waals surface area (Å²) in [5.41, 5.74) is 0. The van der Waals surface area contributed by atoms with E-state index < -0.39 is 0 Å². The fraction of sp³-hybridized carbons (Fsp3) is 0.308. The van der Waals surface area contributed by atoms with Crippen molar-refractivity contribution in [3.63, 3.8) is 0 Å². The van der Waals surface area contributed by atoms with Gasteiger partial charge in [-0.25, -0.2) is 4.42 Å². The molecule has 3 nitrogen and oxygen atoms in total. The molecular weight excluding hydrogens is 204 g/mol. The molecule has 0 radical (unpaired) electrons. The Morgan fingerprint density at radius 1 is 0.938 bits per heavy atom. The van der Waals surface area contributed by atoms with Crippen molar-refractivity contribution in [2.24, 2.45) is 0 Å². The fourth-order valence-corrected chi connectivity index (χ4v) is 1.86. The third-order valence-corrected chi connectivity index (χ3v) is 2.61. The molecule has 0 saturated heterocycles. The van der Waals surface area contributed by atoms with Crippen LogP contribution in [0.2, 0.25) is 0 Å². The third-order valence-electron chi connectivity index (χ3n) is 2.61. The minimum absolute atomic E-state index is 0.720. The van der Waals surface area contributed by atoms with Crippen LogP contribution in [0.15, 0.2) is 22.6 Å². The van der Waals surface area contributed by atoms with Crippen molar-refractivity contribution in [1.29, 1.82) is 0 Å². The molecule has 0 fully saturated rings. The van der Waals surface area contributed by atoms with Gasteiger partial charge in [-0.05, 0) is 6.07 Å². The molecule has 0 N–H and O–H groups in total. The predicted octanol–water partition coefficient (Wildman–Crippen LogP) is 3.35. The number of hydrogen-bond acceptors (Lipinski definition) is 2. The minimum atomic E-state index is 0.720. The van der Waals surface area contributed by atoms with Gasteiger partial charge < -0.3 is 9.47 Å². The van der Waals surface area contributed by atoms with Crippen molar-refractivity contribution in [2.45, 2.75) is 13.8 Å². The number of benzene rings is 1. The highest BCUT2D eigenvalue weighted by Crippen LogP contribution is 2.33. The lowest BCUT2D eigenvalue weighted by molar-refractivity contribution is 0.355. The summed E-state index contributed by atoms with van der Waals surface area (Å²) in [6.45, 7) is 3.88. The summed E-state index contributed by atoms with van der Waals surface area (Å²) < 4.78 is 16.1. The first-order valence-electron chi connectivity index (χ1n) is 5.12. The minimum Gasteiger partial charge on any atom is -0.493 e. The first kappa shape index (κ1) is 10.7. The van der Waals surface area contributed by atoms with Crippen molar-refractivity contribution >= 4 is 10.8 Å². The maximum atomic E-state index is 5.57. The SMILES string of the molecule is COc1cc2cc(C)[o+]c(C)c2cc1OC. The van der Waals surface area contributed by atoms with Crippen LogP contribution in [0.4, 0.5) is 0 Å². The Balaban J connectivity index is 2.78. The molecule has 84 valence electrons. The molecule has 0 aliphatic carbocycles. The van der Waals surface area contributed by atoms with E-state index in [0.29, 0.717) is 0 Å². The van der Waals surface area contributed by atoms with Gasteiger partial charge >= 0.3 is 11.5 Å². The van der Waals surface area contributed by atoms with Crippen LogP contribution in [-0.2, 0) is 0 Å². The van der Waals surface area contributed by atoms with Gasteiger partial charge in [0.25, 0.3) is 0 Å². The van der Waals surface area contributed by atoms with Gasteiger partial charge in [0.05, 0.1) is 33.5 Å². The zero-order chi connectivity index (χ0) is 11.7. The topological polar surface area (TPSA) is 29.8 Å². The zero-order valence-electron chi connectivity index (χ0n) is 9.96. The molecule has 0 bridgehead atoms. The van der Waals surface area contributed by atoms with Crippen LogP contribution in [-0.4, -0.2) is 14.2 Å². The predicted molar refractivity (Wildman–Crippen MR) is 63.2 cm³/mol. The molecule has 3 heteroatoms. The van der Waals surface area contributed by atoms with E-state index in [2.05, 4.69) is 0 Å². The van der Waals surface area contributed by atoms with Crippen LogP contribution in [0.1, 0.15) is 11.5 Å². The van der Waals surface area contributed by atoms with Crippen LogP contribution in [0.3, 0.4) is 0 Å². The lowest BCUT2D eigenvalue weighted by Crippen LogP contribution is -1.91. The van der Waals surface area contributed by atoms with Gasteiger partial charge in [0.15, 0.2) is 11.5 Å². The molecule has 1 aromatic heterocycles. The van der Waals surface area contributed by atoms with E-state index in [0.717, 1.165) is 33.8 Å². The number of fused-ring (bicyclic) bond motifs is 1. The lowest BCUT2D eigenvalue weighted by atomic mass is 10.1. The summed E-state index contributed by atoms with van der Waals surface area (Å²) in [7, 11) is 3.26. The molecule has 0 atom stereocenters. The van der Waals surface area contributed by atoms with Gasteiger partial charge in [-0.3, -0.25) is 0 Å². The number of methoxy groups -OCH3 is 2. The van der Waals surface area contributed by atoms with E-state index in [9.17, 15) is 0 Å². The molecule has 1 aromatic carbocycles. The van der Waals surface area contributed by atoms with Crippen molar-refractivity contribution in [2.75, 3.05) is 14.2 Å². The van der Waals surface area contributed by atoms with Crippen LogP contribution in [0.5, 0.6) is 11.5 Å². The monoisotopic (exact) mass is 219 g/mol. The fourth-order valence-electron chi connectivity index (χ4n) is 1.86. The highest BCUT2D eigenvalue weighted by atomic mass is 16.5. The third kappa shape index (κ3) is 1.69. The van der Waals surface area contributed by atoms with Crippen molar-refractivity contribution in [1.82, 2.24) is 0 Å². The van der Waals surface area contributed by atoms with Crippen LogP contribution in [0, 0.1) is 13.8 Å². The number of hydrogen-bond donors (Lipinski definition) is 0. The van der Waals surface area contributed by atoms with E-state index in [1.807, 2.05) is 32.0 Å². The summed E-state index contributed by atoms with van der Waals surface area (Å²) in [5, 5.41) is 2.14. The molecule has 0 unspecified atom stereocenters. The molecule has 16 heavy (non-hydrogen) atoms. The zero-order valence-corrected chi connectivity index (χ0v) is 9.96. The summed E-state index contributed by atoms with van der Waals surface area (Å²) in [5.74, 6) is 3.23. The Morgan fingerprint density at radius 3 is 2.19 bits per heavy atom. The Labute approximate surface area is 94.6 Å². The number of rotatable bonds is 2. The molecule has 2 rings (SSSR count). The maximum absolute atomic E-state index is 5.57. The van der Waals surface area contributed by atoms with E-state index in [1.54, 1.807) is 14.2 Å². The lowest BCUT2D eigenvalue weighted by Gasteiger charge is -2.07. The van der Waals surface area contributed by atoms with Crippen LogP contribution in [0.25, 0.3) is 10.8 Å². The van der Waals surface area contributed by atoms with E-state index in [-0.39, 0.29) is 0 Å². The summed E-state index contributed by atoms with van der Waals surface area (Å²) in [6.07, 6.45) is 0. The highest BCUT2D eigenvalue weighted by Gasteiger charge is 2.15. The smallest absolute Gasteiger partial charge is 0.334 e. The number of aryl methyl sites for hydroxylation is 2. The van der Waals surface area contributed by atoms with Gasteiger partial charge in [0, 0.05) is 17.5 Å². The first-order chi connectivity index (χ1) is 7.65. The quantitative estimate of drug-likeness (QED) is 0.725. The largest absolute Gasteiger partial charge is 0.493 e. The Bertz CT molecular complexity index is 532. The maximum Gasteiger partial charge on any atom is 0.334 e. The molecule has 0 saturated carbocycles. The molecule has 0 amide bonds. The average molecular weight is 219 g/mol. The van der Waals surface area contributed by atoms with Crippen LogP contribution >= 0.6 is 0 Å². The second-order valence-electron chi connectivity index (χ2n) is 3.71. The molecule has 1 heterocycles. The molecule has 0 aliphatic heterocycles. The van der Waals surface area contributed by atoms with Gasteiger partial charge in [-0.2, -0.15) is 0 Å². The van der Waals surface area contributed by atoms with E-state index in [4.69, 9.17) is 13.9 Å². The Kier molecular flexibility index (Phi) is 2.69. The second kappa shape index (κ2) is 4.00. The Hall–Kier alpha value is -1.77. The summed E-state index contributed by atoms with van der Waals surface area (Å²) in [4.78, 5) is 0. The molecule has 0 aliphatic rings. The summed E-state index contributed by atoms with van der Waals surface area (Å²) in [6, 6.07) is 5.89. The first-order valence-corrected chi connectivity index (χ1v) is 5.12. The van der Waals surface area contributed by atoms with E-state index >= 15 is 0 Å². The molecule has 2 aromatic rings. The van der Waals surface area contributed by atoms with Crippen molar-refractivity contribution in [3.8, 4) is 11.5 Å². The van der Waals surface area contributed by atoms with E-state index in [1.165, 1.54) is 0 Å². The van der Waals surface area contributed by atoms with Crippen molar-refractivity contribution < 1.29 is 13.9 Å². The summed E-state index contributed by atoms with van der Waals surface area (Å²) >= 11 is 0.